The highest BCUT2D eigenvalue weighted by Crippen LogP contribution is 2.42. The predicted octanol–water partition coefficient (Wildman–Crippen LogP) is 5.20. The molecule has 0 atom stereocenters. The van der Waals surface area contributed by atoms with Crippen LogP contribution in [0.5, 0.6) is 0 Å². The van der Waals surface area contributed by atoms with Gasteiger partial charge in [0, 0.05) is 24.0 Å². The van der Waals surface area contributed by atoms with E-state index in [1.54, 1.807) is 9.69 Å². The minimum Gasteiger partial charge on any atom is -0.294 e. The molecule has 7 heteroatoms. The number of nitrogens with zero attached hydrogens (tertiary/aromatic N) is 4. The van der Waals surface area contributed by atoms with Crippen molar-refractivity contribution in [1.29, 1.82) is 0 Å². The zero-order valence-electron chi connectivity index (χ0n) is 19.0. The van der Waals surface area contributed by atoms with Crippen molar-refractivity contribution in [1.82, 2.24) is 14.9 Å². The number of rotatable bonds is 5. The number of aryl methyl sites for hydroxylation is 3. The summed E-state index contributed by atoms with van der Waals surface area (Å²) >= 11 is 1.28. The second kappa shape index (κ2) is 8.74. The standard InChI is InChI=1S/C25H26N4O2S/c1-6-20(30)23-22(19-13-10-16(4)17(5)14-19)28(21(31)7-2)29-24(26-27-25(29)32-23)18-11-8-15(3)9-12-18/h8-14H,6-7H2,1-5H3. The Morgan fingerprint density at radius 3 is 2.19 bits per heavy atom. The summed E-state index contributed by atoms with van der Waals surface area (Å²) in [5, 5.41) is 10.8. The summed E-state index contributed by atoms with van der Waals surface area (Å²) in [6.45, 7) is 9.75. The molecule has 0 spiro atoms. The maximum Gasteiger partial charge on any atom is 0.246 e. The van der Waals surface area contributed by atoms with Crippen molar-refractivity contribution in [3.63, 3.8) is 0 Å². The molecule has 6 nitrogen and oxygen atoms in total. The molecule has 1 aliphatic heterocycles. The Labute approximate surface area is 192 Å². The van der Waals surface area contributed by atoms with Crippen LogP contribution in [0.25, 0.3) is 17.1 Å². The van der Waals surface area contributed by atoms with Gasteiger partial charge in [-0.1, -0.05) is 55.8 Å². The van der Waals surface area contributed by atoms with Gasteiger partial charge in [-0.05, 0) is 49.7 Å². The lowest BCUT2D eigenvalue weighted by Crippen LogP contribution is -2.42. The molecule has 1 amide bonds. The van der Waals surface area contributed by atoms with E-state index in [9.17, 15) is 9.59 Å². The molecule has 2 aromatic carbocycles. The lowest BCUT2D eigenvalue weighted by Gasteiger charge is -2.33. The summed E-state index contributed by atoms with van der Waals surface area (Å²) in [7, 11) is 0. The summed E-state index contributed by atoms with van der Waals surface area (Å²) in [6, 6.07) is 14.0. The molecule has 2 heterocycles. The molecule has 0 radical (unpaired) electrons. The van der Waals surface area contributed by atoms with Crippen LogP contribution in [0.1, 0.15) is 48.9 Å². The molecule has 0 saturated heterocycles. The smallest absolute Gasteiger partial charge is 0.246 e. The Morgan fingerprint density at radius 2 is 1.56 bits per heavy atom. The third-order valence-corrected chi connectivity index (χ3v) is 6.70. The van der Waals surface area contributed by atoms with Gasteiger partial charge < -0.3 is 0 Å². The van der Waals surface area contributed by atoms with Crippen molar-refractivity contribution in [2.75, 3.05) is 5.01 Å². The van der Waals surface area contributed by atoms with Gasteiger partial charge in [-0.15, -0.1) is 10.2 Å². The quantitative estimate of drug-likeness (QED) is 0.539. The maximum absolute atomic E-state index is 13.4. The number of allylic oxidation sites excluding steroid dienone is 1. The number of ketones is 1. The largest absolute Gasteiger partial charge is 0.294 e. The molecule has 164 valence electrons. The van der Waals surface area contributed by atoms with Gasteiger partial charge >= 0.3 is 0 Å². The van der Waals surface area contributed by atoms with Gasteiger partial charge in [-0.2, -0.15) is 4.68 Å². The second-order valence-corrected chi connectivity index (χ2v) is 8.88. The van der Waals surface area contributed by atoms with E-state index >= 15 is 0 Å². The van der Waals surface area contributed by atoms with Crippen LogP contribution in [-0.2, 0) is 9.59 Å². The fourth-order valence-electron chi connectivity index (χ4n) is 3.61. The van der Waals surface area contributed by atoms with Crippen LogP contribution in [-0.4, -0.2) is 26.6 Å². The fraction of sp³-hybridized carbons (Fsp3) is 0.280. The zero-order valence-corrected chi connectivity index (χ0v) is 19.8. The molecule has 1 aromatic heterocycles. The molecule has 0 bridgehead atoms. The molecule has 4 rings (SSSR count). The number of benzene rings is 2. The Hall–Kier alpha value is -3.19. The van der Waals surface area contributed by atoms with Gasteiger partial charge in [-0.3, -0.25) is 9.59 Å². The number of hydrogen-bond acceptors (Lipinski definition) is 5. The van der Waals surface area contributed by atoms with Crippen LogP contribution in [0, 0.1) is 20.8 Å². The van der Waals surface area contributed by atoms with E-state index in [1.807, 2.05) is 77.1 Å². The average Bonchev–Trinajstić information content (AvgIpc) is 3.22. The predicted molar refractivity (Wildman–Crippen MR) is 128 cm³/mol. The number of aromatic nitrogens is 3. The van der Waals surface area contributed by atoms with Gasteiger partial charge in [0.15, 0.2) is 11.6 Å². The zero-order chi connectivity index (χ0) is 23.0. The van der Waals surface area contributed by atoms with E-state index in [2.05, 4.69) is 10.2 Å². The molecular weight excluding hydrogens is 420 g/mol. The number of amides is 1. The molecule has 3 aromatic rings. The molecule has 0 aliphatic carbocycles. The molecule has 0 fully saturated rings. The van der Waals surface area contributed by atoms with E-state index in [1.165, 1.54) is 11.8 Å². The second-order valence-electron chi connectivity index (χ2n) is 7.90. The molecule has 32 heavy (non-hydrogen) atoms. The van der Waals surface area contributed by atoms with Crippen LogP contribution >= 0.6 is 11.8 Å². The number of carbonyl (C=O) groups is 2. The average molecular weight is 447 g/mol. The van der Waals surface area contributed by atoms with Gasteiger partial charge in [-0.25, -0.2) is 5.01 Å². The van der Waals surface area contributed by atoms with E-state index in [4.69, 9.17) is 0 Å². The number of carbonyl (C=O) groups excluding carboxylic acids is 2. The third-order valence-electron chi connectivity index (χ3n) is 5.64. The van der Waals surface area contributed by atoms with Gasteiger partial charge in [0.1, 0.15) is 0 Å². The van der Waals surface area contributed by atoms with Crippen molar-refractivity contribution in [2.45, 2.75) is 52.6 Å². The van der Waals surface area contributed by atoms with Gasteiger partial charge in [0.25, 0.3) is 0 Å². The molecule has 1 aliphatic rings. The highest BCUT2D eigenvalue weighted by Gasteiger charge is 2.36. The summed E-state index contributed by atoms with van der Waals surface area (Å²) < 4.78 is 1.75. The van der Waals surface area contributed by atoms with E-state index in [0.717, 1.165) is 27.8 Å². The highest BCUT2D eigenvalue weighted by atomic mass is 32.2. The van der Waals surface area contributed by atoms with E-state index in [0.29, 0.717) is 28.0 Å². The van der Waals surface area contributed by atoms with E-state index < -0.39 is 0 Å². The summed E-state index contributed by atoms with van der Waals surface area (Å²) in [6.07, 6.45) is 0.612. The first kappa shape index (κ1) is 22.0. The minimum absolute atomic E-state index is 0.0248. The van der Waals surface area contributed by atoms with Crippen LogP contribution in [0.15, 0.2) is 52.5 Å². The maximum atomic E-state index is 13.4. The first-order valence-electron chi connectivity index (χ1n) is 10.7. The van der Waals surface area contributed by atoms with Crippen molar-refractivity contribution >= 4 is 29.1 Å². The Morgan fingerprint density at radius 1 is 0.875 bits per heavy atom. The monoisotopic (exact) mass is 446 g/mol. The van der Waals surface area contributed by atoms with Crippen LogP contribution in [0.2, 0.25) is 0 Å². The first-order chi connectivity index (χ1) is 15.3. The number of Topliss-reactive ketones (excluding diaryl/α,β-unsaturated/α-hetero) is 1. The summed E-state index contributed by atoms with van der Waals surface area (Å²) in [5.41, 5.74) is 5.66. The third kappa shape index (κ3) is 3.77. The van der Waals surface area contributed by atoms with Crippen molar-refractivity contribution in [2.24, 2.45) is 0 Å². The van der Waals surface area contributed by atoms with Gasteiger partial charge in [0.2, 0.25) is 11.1 Å². The normalized spacial score (nSPS) is 13.3. The number of thioether (sulfide) groups is 1. The molecular formula is C25H26N4O2S. The number of fused-ring (bicyclic) bond motifs is 1. The topological polar surface area (TPSA) is 68.1 Å². The molecule has 0 saturated carbocycles. The number of hydrogen-bond donors (Lipinski definition) is 0. The van der Waals surface area contributed by atoms with Crippen LogP contribution < -0.4 is 5.01 Å². The SMILES string of the molecule is CCC(=O)C1=C(c2ccc(C)c(C)c2)N(C(=O)CC)n2c(nnc2-c2ccc(C)cc2)S1. The van der Waals surface area contributed by atoms with Crippen molar-refractivity contribution in [3.05, 3.63) is 69.6 Å². The van der Waals surface area contributed by atoms with Crippen molar-refractivity contribution < 1.29 is 9.59 Å². The lowest BCUT2D eigenvalue weighted by molar-refractivity contribution is -0.118. The summed E-state index contributed by atoms with van der Waals surface area (Å²) in [4.78, 5) is 26.9. The molecule has 0 N–H and O–H groups in total. The van der Waals surface area contributed by atoms with Crippen molar-refractivity contribution in [3.8, 4) is 11.4 Å². The minimum atomic E-state index is -0.130. The lowest BCUT2D eigenvalue weighted by atomic mass is 10.0. The Bertz CT molecular complexity index is 1240. The van der Waals surface area contributed by atoms with Gasteiger partial charge in [0.05, 0.1) is 10.6 Å². The first-order valence-corrected chi connectivity index (χ1v) is 11.6. The fourth-order valence-corrected chi connectivity index (χ4v) is 4.68. The van der Waals surface area contributed by atoms with E-state index in [-0.39, 0.29) is 18.1 Å². The Kier molecular flexibility index (Phi) is 6.02. The molecule has 0 unspecified atom stereocenters. The summed E-state index contributed by atoms with van der Waals surface area (Å²) in [5.74, 6) is 0.413. The Balaban J connectivity index is 1.99. The highest BCUT2D eigenvalue weighted by molar-refractivity contribution is 8.04. The van der Waals surface area contributed by atoms with Crippen LogP contribution in [0.3, 0.4) is 0 Å². The van der Waals surface area contributed by atoms with Crippen LogP contribution in [0.4, 0.5) is 0 Å².